The van der Waals surface area contributed by atoms with E-state index >= 15 is 0 Å². The van der Waals surface area contributed by atoms with Crippen LogP contribution < -0.4 is 15.0 Å². The molecule has 2 aromatic rings. The third kappa shape index (κ3) is 3.56. The number of methoxy groups -OCH3 is 1. The van der Waals surface area contributed by atoms with Gasteiger partial charge in [0.1, 0.15) is 5.75 Å². The molecule has 0 bridgehead atoms. The van der Waals surface area contributed by atoms with Crippen molar-refractivity contribution < 1.29 is 4.74 Å². The third-order valence-corrected chi connectivity index (χ3v) is 4.00. The molecular weight excluding hydrogens is 260 g/mol. The van der Waals surface area contributed by atoms with Crippen molar-refractivity contribution in [1.82, 2.24) is 5.32 Å². The number of benzene rings is 2. The molecule has 110 valence electrons. The zero-order valence-corrected chi connectivity index (χ0v) is 12.5. The van der Waals surface area contributed by atoms with Gasteiger partial charge in [-0.15, -0.1) is 0 Å². The summed E-state index contributed by atoms with van der Waals surface area (Å²) in [6.45, 7) is 3.09. The highest BCUT2D eigenvalue weighted by molar-refractivity contribution is 5.51. The van der Waals surface area contributed by atoms with Crippen LogP contribution in [0.2, 0.25) is 0 Å². The second-order valence-corrected chi connectivity index (χ2v) is 5.49. The molecule has 0 spiro atoms. The summed E-state index contributed by atoms with van der Waals surface area (Å²) in [6.07, 6.45) is 1.07. The van der Waals surface area contributed by atoms with E-state index in [0.717, 1.165) is 31.8 Å². The lowest BCUT2D eigenvalue weighted by atomic mass is 10.0. The fourth-order valence-corrected chi connectivity index (χ4v) is 2.90. The molecule has 3 nitrogen and oxygen atoms in total. The van der Waals surface area contributed by atoms with Gasteiger partial charge in [-0.1, -0.05) is 36.4 Å². The van der Waals surface area contributed by atoms with Crippen LogP contribution in [0.4, 0.5) is 5.69 Å². The van der Waals surface area contributed by atoms with Crippen molar-refractivity contribution in [3.63, 3.8) is 0 Å². The average molecular weight is 282 g/mol. The van der Waals surface area contributed by atoms with Crippen molar-refractivity contribution in [2.75, 3.05) is 31.6 Å². The van der Waals surface area contributed by atoms with Crippen LogP contribution in [0.1, 0.15) is 5.56 Å². The molecule has 0 aliphatic carbocycles. The summed E-state index contributed by atoms with van der Waals surface area (Å²) >= 11 is 0. The van der Waals surface area contributed by atoms with Crippen molar-refractivity contribution in [2.45, 2.75) is 12.5 Å². The van der Waals surface area contributed by atoms with Crippen LogP contribution in [-0.4, -0.2) is 32.8 Å². The summed E-state index contributed by atoms with van der Waals surface area (Å²) in [5.41, 5.74) is 2.64. The minimum Gasteiger partial charge on any atom is -0.497 e. The number of rotatable bonds is 4. The first kappa shape index (κ1) is 14.0. The Morgan fingerprint density at radius 3 is 2.81 bits per heavy atom. The first-order valence-electron chi connectivity index (χ1n) is 7.51. The second kappa shape index (κ2) is 6.64. The molecule has 1 unspecified atom stereocenters. The Balaban J connectivity index is 1.67. The predicted octanol–water partition coefficient (Wildman–Crippen LogP) is 2.72. The average Bonchev–Trinajstić information content (AvgIpc) is 2.56. The molecule has 1 fully saturated rings. The molecule has 1 aliphatic heterocycles. The molecule has 1 heterocycles. The van der Waals surface area contributed by atoms with Gasteiger partial charge in [0.25, 0.3) is 0 Å². The Morgan fingerprint density at radius 1 is 1.14 bits per heavy atom. The van der Waals surface area contributed by atoms with Crippen LogP contribution in [0.15, 0.2) is 54.6 Å². The van der Waals surface area contributed by atoms with Crippen LogP contribution >= 0.6 is 0 Å². The predicted molar refractivity (Wildman–Crippen MR) is 87.1 cm³/mol. The number of anilines is 1. The lowest BCUT2D eigenvalue weighted by molar-refractivity contribution is 0.414. The number of piperazine rings is 1. The minimum atomic E-state index is 0.493. The maximum Gasteiger partial charge on any atom is 0.120 e. The molecule has 1 N–H and O–H groups in total. The smallest absolute Gasteiger partial charge is 0.120 e. The molecule has 0 saturated carbocycles. The molecule has 0 amide bonds. The second-order valence-electron chi connectivity index (χ2n) is 5.49. The largest absolute Gasteiger partial charge is 0.497 e. The Kier molecular flexibility index (Phi) is 4.41. The Hall–Kier alpha value is -2.00. The molecular formula is C18H22N2O. The van der Waals surface area contributed by atoms with Gasteiger partial charge in [-0.25, -0.2) is 0 Å². The highest BCUT2D eigenvalue weighted by Crippen LogP contribution is 2.22. The van der Waals surface area contributed by atoms with E-state index < -0.39 is 0 Å². The number of nitrogens with zero attached hydrogens (tertiary/aromatic N) is 1. The quantitative estimate of drug-likeness (QED) is 0.933. The third-order valence-electron chi connectivity index (χ3n) is 4.00. The molecule has 3 heteroatoms. The van der Waals surface area contributed by atoms with Gasteiger partial charge in [-0.05, 0) is 24.1 Å². The van der Waals surface area contributed by atoms with Gasteiger partial charge in [0.2, 0.25) is 0 Å². The van der Waals surface area contributed by atoms with E-state index in [0.29, 0.717) is 6.04 Å². The van der Waals surface area contributed by atoms with E-state index in [-0.39, 0.29) is 0 Å². The molecule has 1 saturated heterocycles. The summed E-state index contributed by atoms with van der Waals surface area (Å²) in [5.74, 6) is 0.922. The molecule has 1 aliphatic rings. The fourth-order valence-electron chi connectivity index (χ4n) is 2.90. The van der Waals surface area contributed by atoms with Gasteiger partial charge in [-0.3, -0.25) is 0 Å². The van der Waals surface area contributed by atoms with Crippen LogP contribution in [-0.2, 0) is 6.42 Å². The molecule has 1 atom stereocenters. The van der Waals surface area contributed by atoms with E-state index in [1.807, 2.05) is 6.07 Å². The van der Waals surface area contributed by atoms with Crippen LogP contribution in [0.3, 0.4) is 0 Å². The lowest BCUT2D eigenvalue weighted by Crippen LogP contribution is -2.51. The first-order valence-corrected chi connectivity index (χ1v) is 7.51. The first-order chi connectivity index (χ1) is 10.3. The lowest BCUT2D eigenvalue weighted by Gasteiger charge is -2.35. The van der Waals surface area contributed by atoms with Crippen molar-refractivity contribution >= 4 is 5.69 Å². The van der Waals surface area contributed by atoms with Crippen LogP contribution in [0.25, 0.3) is 0 Å². The SMILES string of the molecule is COc1cccc(N2CCNC(Cc3ccccc3)C2)c1. The van der Waals surface area contributed by atoms with Crippen molar-refractivity contribution in [3.8, 4) is 5.75 Å². The summed E-state index contributed by atoms with van der Waals surface area (Å²) in [5, 5.41) is 3.62. The maximum absolute atomic E-state index is 5.33. The number of nitrogens with one attached hydrogen (secondary N) is 1. The van der Waals surface area contributed by atoms with Crippen molar-refractivity contribution in [3.05, 3.63) is 60.2 Å². The molecule has 0 aromatic heterocycles. The van der Waals surface area contributed by atoms with Gasteiger partial charge >= 0.3 is 0 Å². The van der Waals surface area contributed by atoms with E-state index in [2.05, 4.69) is 58.7 Å². The Labute approximate surface area is 126 Å². The monoisotopic (exact) mass is 282 g/mol. The molecule has 0 radical (unpaired) electrons. The number of hydrogen-bond acceptors (Lipinski definition) is 3. The van der Waals surface area contributed by atoms with E-state index in [1.165, 1.54) is 11.3 Å². The van der Waals surface area contributed by atoms with Crippen molar-refractivity contribution in [1.29, 1.82) is 0 Å². The van der Waals surface area contributed by atoms with Crippen LogP contribution in [0, 0.1) is 0 Å². The standard InChI is InChI=1S/C18H22N2O/c1-21-18-9-5-8-17(13-18)20-11-10-19-16(14-20)12-15-6-3-2-4-7-15/h2-9,13,16,19H,10-12,14H2,1H3. The Morgan fingerprint density at radius 2 is 2.00 bits per heavy atom. The van der Waals surface area contributed by atoms with Gasteiger partial charge in [0.05, 0.1) is 7.11 Å². The normalized spacial score (nSPS) is 18.5. The van der Waals surface area contributed by atoms with E-state index in [9.17, 15) is 0 Å². The summed E-state index contributed by atoms with van der Waals surface area (Å²) in [6, 6.07) is 19.5. The van der Waals surface area contributed by atoms with Gasteiger partial charge < -0.3 is 15.0 Å². The number of ether oxygens (including phenoxy) is 1. The Bertz CT molecular complexity index is 570. The minimum absolute atomic E-state index is 0.493. The highest BCUT2D eigenvalue weighted by Gasteiger charge is 2.20. The maximum atomic E-state index is 5.33. The highest BCUT2D eigenvalue weighted by atomic mass is 16.5. The van der Waals surface area contributed by atoms with Gasteiger partial charge in [-0.2, -0.15) is 0 Å². The molecule has 2 aromatic carbocycles. The topological polar surface area (TPSA) is 24.5 Å². The zero-order valence-electron chi connectivity index (χ0n) is 12.5. The van der Waals surface area contributed by atoms with E-state index in [1.54, 1.807) is 7.11 Å². The van der Waals surface area contributed by atoms with Crippen molar-refractivity contribution in [2.24, 2.45) is 0 Å². The van der Waals surface area contributed by atoms with Gasteiger partial charge in [0.15, 0.2) is 0 Å². The number of hydrogen-bond donors (Lipinski definition) is 1. The fraction of sp³-hybridized carbons (Fsp3) is 0.333. The molecule has 3 rings (SSSR count). The molecule has 21 heavy (non-hydrogen) atoms. The van der Waals surface area contributed by atoms with E-state index in [4.69, 9.17) is 4.74 Å². The summed E-state index contributed by atoms with van der Waals surface area (Å²) in [7, 11) is 1.72. The van der Waals surface area contributed by atoms with Gasteiger partial charge in [0, 0.05) is 37.4 Å². The summed E-state index contributed by atoms with van der Waals surface area (Å²) < 4.78 is 5.33. The van der Waals surface area contributed by atoms with Crippen LogP contribution in [0.5, 0.6) is 5.75 Å². The zero-order chi connectivity index (χ0) is 14.5. The summed E-state index contributed by atoms with van der Waals surface area (Å²) in [4.78, 5) is 2.44.